The van der Waals surface area contributed by atoms with Crippen LogP contribution in [0.25, 0.3) is 22.2 Å². The predicted molar refractivity (Wildman–Crippen MR) is 102 cm³/mol. The van der Waals surface area contributed by atoms with E-state index in [1.165, 1.54) is 10.9 Å². The molecule has 2 nitrogen and oxygen atoms in total. The van der Waals surface area contributed by atoms with E-state index < -0.39 is 0 Å². The highest BCUT2D eigenvalue weighted by Gasteiger charge is 2.13. The second-order valence-corrected chi connectivity index (χ2v) is 6.21. The summed E-state index contributed by atoms with van der Waals surface area (Å²) in [6, 6.07) is 14.1. The monoisotopic (exact) mass is 348 g/mol. The van der Waals surface area contributed by atoms with Gasteiger partial charge in [-0.3, -0.25) is 0 Å². The Balaban J connectivity index is 0.00000192. The van der Waals surface area contributed by atoms with Crippen molar-refractivity contribution < 1.29 is 0 Å². The highest BCUT2D eigenvalue weighted by atomic mass is 35.5. The first-order valence-corrected chi connectivity index (χ1v) is 8.21. The molecule has 3 rings (SSSR count). The molecule has 1 heterocycles. The number of unbranched alkanes of at least 4 members (excludes halogenated alkanes) is 1. The van der Waals surface area contributed by atoms with Crippen molar-refractivity contribution in [2.24, 2.45) is 5.73 Å². The van der Waals surface area contributed by atoms with Crippen LogP contribution in [0.2, 0.25) is 10.0 Å². The molecule has 0 atom stereocenters. The number of rotatable bonds is 5. The summed E-state index contributed by atoms with van der Waals surface area (Å²) in [4.78, 5) is 3.52. The minimum Gasteiger partial charge on any atom is -0.354 e. The Kier molecular flexibility index (Phi) is 6.11. The fourth-order valence-electron chi connectivity index (χ4n) is 2.80. The number of nitrogens with two attached hydrogens (primary N) is 1. The fourth-order valence-corrected chi connectivity index (χ4v) is 3.10. The molecule has 0 spiro atoms. The largest absolute Gasteiger partial charge is 0.354 e. The molecule has 0 unspecified atom stereocenters. The van der Waals surface area contributed by atoms with Crippen molar-refractivity contribution in [2.75, 3.05) is 6.54 Å². The van der Waals surface area contributed by atoms with E-state index in [1.54, 1.807) is 0 Å². The molecule has 0 radical (unpaired) electrons. The molecule has 0 saturated carbocycles. The number of hydrogen-bond donors (Lipinski definition) is 2. The molecule has 0 aliphatic carbocycles. The third-order valence-electron chi connectivity index (χ3n) is 3.90. The van der Waals surface area contributed by atoms with Crippen molar-refractivity contribution in [3.05, 3.63) is 58.1 Å². The third-order valence-corrected chi connectivity index (χ3v) is 4.64. The fraction of sp³-hybridized carbons (Fsp3) is 0.263. The summed E-state index contributed by atoms with van der Waals surface area (Å²) in [7, 11) is 0. The van der Waals surface area contributed by atoms with E-state index in [2.05, 4.69) is 23.2 Å². The van der Waals surface area contributed by atoms with Crippen molar-refractivity contribution in [2.45, 2.75) is 26.7 Å². The number of hydrogen-bond acceptors (Lipinski definition) is 1. The van der Waals surface area contributed by atoms with Gasteiger partial charge in [0.1, 0.15) is 0 Å². The van der Waals surface area contributed by atoms with Crippen LogP contribution >= 0.6 is 23.2 Å². The third kappa shape index (κ3) is 3.72. The molecular formula is C19H22Cl2N2. The Hall–Kier alpha value is -1.48. The van der Waals surface area contributed by atoms with E-state index in [9.17, 15) is 0 Å². The zero-order valence-corrected chi connectivity index (χ0v) is 13.7. The molecule has 1 aromatic heterocycles. The Morgan fingerprint density at radius 2 is 1.74 bits per heavy atom. The van der Waals surface area contributed by atoms with Gasteiger partial charge < -0.3 is 10.7 Å². The maximum atomic E-state index is 6.18. The molecule has 3 N–H and O–H groups in total. The second-order valence-electron chi connectivity index (χ2n) is 5.40. The highest BCUT2D eigenvalue weighted by Crippen LogP contribution is 2.34. The maximum absolute atomic E-state index is 6.18. The average Bonchev–Trinajstić information content (AvgIpc) is 2.89. The molecule has 3 aromatic rings. The number of aromatic amines is 1. The van der Waals surface area contributed by atoms with Crippen LogP contribution < -0.4 is 5.73 Å². The van der Waals surface area contributed by atoms with Crippen LogP contribution in [-0.4, -0.2) is 11.5 Å². The lowest BCUT2D eigenvalue weighted by atomic mass is 10.0. The minimum absolute atomic E-state index is 0. The molecule has 122 valence electrons. The summed E-state index contributed by atoms with van der Waals surface area (Å²) in [6.45, 7) is 0.727. The number of para-hydroxylation sites is 1. The van der Waals surface area contributed by atoms with E-state index >= 15 is 0 Å². The summed E-state index contributed by atoms with van der Waals surface area (Å²) >= 11 is 12.2. The van der Waals surface area contributed by atoms with E-state index in [-0.39, 0.29) is 7.43 Å². The van der Waals surface area contributed by atoms with Crippen molar-refractivity contribution in [1.82, 2.24) is 4.98 Å². The van der Waals surface area contributed by atoms with Gasteiger partial charge in [-0.2, -0.15) is 0 Å². The van der Waals surface area contributed by atoms with Gasteiger partial charge in [0.15, 0.2) is 0 Å². The van der Waals surface area contributed by atoms with E-state index in [0.717, 1.165) is 42.6 Å². The van der Waals surface area contributed by atoms with Crippen LogP contribution in [0.4, 0.5) is 0 Å². The highest BCUT2D eigenvalue weighted by molar-refractivity contribution is 6.42. The number of fused-ring (bicyclic) bond motifs is 1. The molecule has 0 fully saturated rings. The second kappa shape index (κ2) is 7.87. The maximum Gasteiger partial charge on any atom is 0.0599 e. The number of H-pyrrole nitrogens is 1. The van der Waals surface area contributed by atoms with Crippen LogP contribution in [0, 0.1) is 0 Å². The van der Waals surface area contributed by atoms with Gasteiger partial charge in [0, 0.05) is 16.6 Å². The quantitative estimate of drug-likeness (QED) is 0.540. The SMILES string of the molecule is C.NCCCCc1c(-c2ccc(Cl)c(Cl)c2)[nH]c2ccccc12. The molecule has 0 saturated heterocycles. The molecule has 4 heteroatoms. The summed E-state index contributed by atoms with van der Waals surface area (Å²) < 4.78 is 0. The zero-order valence-electron chi connectivity index (χ0n) is 12.2. The van der Waals surface area contributed by atoms with Crippen molar-refractivity contribution in [3.8, 4) is 11.3 Å². The molecule has 23 heavy (non-hydrogen) atoms. The van der Waals surface area contributed by atoms with E-state index in [1.807, 2.05) is 24.3 Å². The zero-order chi connectivity index (χ0) is 15.5. The van der Waals surface area contributed by atoms with Gasteiger partial charge in [0.05, 0.1) is 10.0 Å². The molecule has 0 bridgehead atoms. The topological polar surface area (TPSA) is 41.8 Å². The molecular weight excluding hydrogens is 327 g/mol. The summed E-state index contributed by atoms with van der Waals surface area (Å²) in [5.74, 6) is 0. The molecule has 0 aliphatic heterocycles. The lowest BCUT2D eigenvalue weighted by molar-refractivity contribution is 0.748. The summed E-state index contributed by atoms with van der Waals surface area (Å²) in [6.07, 6.45) is 3.10. The van der Waals surface area contributed by atoms with Crippen LogP contribution in [0.5, 0.6) is 0 Å². The first kappa shape index (κ1) is 17.9. The first-order valence-electron chi connectivity index (χ1n) is 7.46. The standard InChI is InChI=1S/C18H18Cl2N2.CH4/c19-15-9-8-12(11-16(15)20)18-14(6-3-4-10-21)13-5-1-2-7-17(13)22-18;/h1-2,5,7-9,11,22H,3-4,6,10,21H2;1H4. The van der Waals surface area contributed by atoms with Gasteiger partial charge in [-0.25, -0.2) is 0 Å². The number of aryl methyl sites for hydroxylation is 1. The number of halogens is 2. The van der Waals surface area contributed by atoms with E-state index in [0.29, 0.717) is 10.0 Å². The van der Waals surface area contributed by atoms with Gasteiger partial charge in [-0.15, -0.1) is 0 Å². The first-order chi connectivity index (χ1) is 10.7. The van der Waals surface area contributed by atoms with Crippen LogP contribution in [0.3, 0.4) is 0 Å². The summed E-state index contributed by atoms with van der Waals surface area (Å²) in [5.41, 5.74) is 10.3. The molecule has 0 aliphatic rings. The number of benzene rings is 2. The summed E-state index contributed by atoms with van der Waals surface area (Å²) in [5, 5.41) is 2.41. The Morgan fingerprint density at radius 1 is 0.957 bits per heavy atom. The van der Waals surface area contributed by atoms with Gasteiger partial charge >= 0.3 is 0 Å². The normalized spacial score (nSPS) is 10.7. The van der Waals surface area contributed by atoms with Gasteiger partial charge in [0.25, 0.3) is 0 Å². The lowest BCUT2D eigenvalue weighted by Crippen LogP contribution is -1.99. The van der Waals surface area contributed by atoms with Crippen molar-refractivity contribution in [1.29, 1.82) is 0 Å². The van der Waals surface area contributed by atoms with Crippen molar-refractivity contribution >= 4 is 34.1 Å². The van der Waals surface area contributed by atoms with Crippen LogP contribution in [0.1, 0.15) is 25.8 Å². The van der Waals surface area contributed by atoms with Crippen LogP contribution in [-0.2, 0) is 6.42 Å². The Bertz CT molecular complexity index is 793. The molecule has 0 amide bonds. The van der Waals surface area contributed by atoms with Crippen molar-refractivity contribution in [3.63, 3.8) is 0 Å². The molecule has 2 aromatic carbocycles. The van der Waals surface area contributed by atoms with Gasteiger partial charge in [-0.1, -0.05) is 54.9 Å². The minimum atomic E-state index is 0. The van der Waals surface area contributed by atoms with Gasteiger partial charge in [-0.05, 0) is 55.1 Å². The number of nitrogens with one attached hydrogen (secondary N) is 1. The smallest absolute Gasteiger partial charge is 0.0599 e. The van der Waals surface area contributed by atoms with Crippen LogP contribution in [0.15, 0.2) is 42.5 Å². The number of aromatic nitrogens is 1. The average molecular weight is 349 g/mol. The predicted octanol–water partition coefficient (Wildman–Crippen LogP) is 6.06. The Labute approximate surface area is 147 Å². The van der Waals surface area contributed by atoms with E-state index in [4.69, 9.17) is 28.9 Å². The van der Waals surface area contributed by atoms with Gasteiger partial charge in [0.2, 0.25) is 0 Å². The lowest BCUT2D eigenvalue weighted by Gasteiger charge is -2.06. The Morgan fingerprint density at radius 3 is 2.48 bits per heavy atom.